The maximum Gasteiger partial charge on any atom is 0.323 e. The summed E-state index contributed by atoms with van der Waals surface area (Å²) < 4.78 is 11.0. The summed E-state index contributed by atoms with van der Waals surface area (Å²) in [6.07, 6.45) is 0. The van der Waals surface area contributed by atoms with Crippen LogP contribution >= 0.6 is 11.6 Å². The zero-order chi connectivity index (χ0) is 26.0. The Morgan fingerprint density at radius 3 is 2.44 bits per heavy atom. The topological polar surface area (TPSA) is 62.8 Å². The molecule has 188 valence electrons. The maximum atomic E-state index is 13.3. The van der Waals surface area contributed by atoms with Crippen LogP contribution in [0.2, 0.25) is 5.02 Å². The molecule has 3 aromatic carbocycles. The van der Waals surface area contributed by atoms with Gasteiger partial charge in [0.05, 0.1) is 20.8 Å². The molecule has 0 saturated heterocycles. The number of hydrogen-bond acceptors (Lipinski definition) is 4. The van der Waals surface area contributed by atoms with Gasteiger partial charge in [0.2, 0.25) is 0 Å². The fourth-order valence-corrected chi connectivity index (χ4v) is 4.83. The molecule has 0 aromatic heterocycles. The summed E-state index contributed by atoms with van der Waals surface area (Å²) in [5.74, 6) is 1.51. The Morgan fingerprint density at radius 1 is 1.00 bits per heavy atom. The normalized spacial score (nSPS) is 12.9. The van der Waals surface area contributed by atoms with Gasteiger partial charge in [-0.1, -0.05) is 49.7 Å². The summed E-state index contributed by atoms with van der Waals surface area (Å²) >= 11 is 6.42. The predicted octanol–water partition coefficient (Wildman–Crippen LogP) is 6.82. The monoisotopic (exact) mass is 505 g/mol. The molecule has 0 unspecified atom stereocenters. The average molecular weight is 506 g/mol. The fourth-order valence-electron chi connectivity index (χ4n) is 4.65. The van der Waals surface area contributed by atoms with E-state index in [9.17, 15) is 4.79 Å². The molecule has 0 radical (unpaired) electrons. The standard InChI is InChI=1S/C29H32ClN3O3/c1-17(2)21-9-7-8-18(3)28(21)32-29(34)31-23-16-33(4)24-12-11-20(30)15-22(24)27(23)19-10-13-25(35-5)26(14-19)36-6/h7-15,17H,16H2,1-6H3,(H2,31,32,34). The number of halogens is 1. The highest BCUT2D eigenvalue weighted by Gasteiger charge is 2.26. The lowest BCUT2D eigenvalue weighted by molar-refractivity contribution is 0.254. The molecular formula is C29H32ClN3O3. The van der Waals surface area contributed by atoms with E-state index in [0.717, 1.165) is 44.9 Å². The number of para-hydroxylation sites is 1. The van der Waals surface area contributed by atoms with Gasteiger partial charge in [-0.05, 0) is 59.9 Å². The van der Waals surface area contributed by atoms with Gasteiger partial charge in [0, 0.05) is 40.3 Å². The summed E-state index contributed by atoms with van der Waals surface area (Å²) in [4.78, 5) is 15.4. The van der Waals surface area contributed by atoms with E-state index >= 15 is 0 Å². The number of nitrogens with one attached hydrogen (secondary N) is 2. The number of anilines is 2. The molecule has 0 bridgehead atoms. The van der Waals surface area contributed by atoms with Gasteiger partial charge in [-0.3, -0.25) is 0 Å². The SMILES string of the molecule is COc1ccc(C2=C(NC(=O)Nc3c(C)cccc3C(C)C)CN(C)c3ccc(Cl)cc32)cc1OC. The summed E-state index contributed by atoms with van der Waals surface area (Å²) in [5.41, 5.74) is 7.44. The first-order chi connectivity index (χ1) is 17.2. The van der Waals surface area contributed by atoms with E-state index in [2.05, 4.69) is 29.4 Å². The Hall–Kier alpha value is -3.64. The molecule has 0 aliphatic carbocycles. The minimum Gasteiger partial charge on any atom is -0.493 e. The molecule has 4 rings (SSSR count). The third-order valence-electron chi connectivity index (χ3n) is 6.44. The number of likely N-dealkylation sites (N-methyl/N-ethyl adjacent to an activating group) is 1. The van der Waals surface area contributed by atoms with Crippen molar-refractivity contribution in [3.05, 3.63) is 87.6 Å². The van der Waals surface area contributed by atoms with Crippen LogP contribution in [0.4, 0.5) is 16.2 Å². The lowest BCUT2D eigenvalue weighted by atomic mass is 9.91. The highest BCUT2D eigenvalue weighted by Crippen LogP contribution is 2.41. The first-order valence-corrected chi connectivity index (χ1v) is 12.2. The minimum absolute atomic E-state index is 0.275. The number of ether oxygens (including phenoxy) is 2. The van der Waals surface area contributed by atoms with E-state index in [1.807, 2.05) is 68.6 Å². The van der Waals surface area contributed by atoms with Crippen molar-refractivity contribution in [2.45, 2.75) is 26.7 Å². The second-order valence-corrected chi connectivity index (χ2v) is 9.65. The Balaban J connectivity index is 1.80. The Kier molecular flexibility index (Phi) is 7.45. The number of carbonyl (C=O) groups is 1. The Labute approximate surface area is 217 Å². The van der Waals surface area contributed by atoms with Crippen LogP contribution in [0.1, 0.15) is 42.0 Å². The quantitative estimate of drug-likeness (QED) is 0.386. The third-order valence-corrected chi connectivity index (χ3v) is 6.67. The molecule has 1 aliphatic heterocycles. The molecule has 6 nitrogen and oxygen atoms in total. The predicted molar refractivity (Wildman–Crippen MR) is 148 cm³/mol. The number of hydrogen-bond donors (Lipinski definition) is 2. The number of carbonyl (C=O) groups excluding carboxylic acids is 1. The van der Waals surface area contributed by atoms with Gasteiger partial charge < -0.3 is 25.0 Å². The van der Waals surface area contributed by atoms with Crippen LogP contribution in [0.15, 0.2) is 60.3 Å². The molecule has 3 aromatic rings. The maximum absolute atomic E-state index is 13.3. The average Bonchev–Trinajstić information content (AvgIpc) is 2.84. The Bertz CT molecular complexity index is 1330. The van der Waals surface area contributed by atoms with Crippen LogP contribution in [0.25, 0.3) is 5.57 Å². The molecular weight excluding hydrogens is 474 g/mol. The number of benzene rings is 3. The molecule has 0 spiro atoms. The highest BCUT2D eigenvalue weighted by atomic mass is 35.5. The van der Waals surface area contributed by atoms with Crippen molar-refractivity contribution in [1.29, 1.82) is 0 Å². The van der Waals surface area contributed by atoms with Crippen LogP contribution in [-0.2, 0) is 0 Å². The van der Waals surface area contributed by atoms with Crippen molar-refractivity contribution >= 4 is 34.6 Å². The summed E-state index contributed by atoms with van der Waals surface area (Å²) in [5, 5.41) is 6.85. The summed E-state index contributed by atoms with van der Waals surface area (Å²) in [7, 11) is 5.21. The first-order valence-electron chi connectivity index (χ1n) is 11.9. The van der Waals surface area contributed by atoms with E-state index in [1.54, 1.807) is 14.2 Å². The number of aryl methyl sites for hydroxylation is 1. The van der Waals surface area contributed by atoms with Gasteiger partial charge >= 0.3 is 6.03 Å². The van der Waals surface area contributed by atoms with E-state index in [-0.39, 0.29) is 11.9 Å². The number of amides is 2. The van der Waals surface area contributed by atoms with Crippen LogP contribution in [0, 0.1) is 6.92 Å². The van der Waals surface area contributed by atoms with E-state index in [1.165, 1.54) is 0 Å². The molecule has 7 heteroatoms. The van der Waals surface area contributed by atoms with Crippen molar-refractivity contribution in [3.8, 4) is 11.5 Å². The van der Waals surface area contributed by atoms with Crippen molar-refractivity contribution in [1.82, 2.24) is 5.32 Å². The summed E-state index contributed by atoms with van der Waals surface area (Å²) in [6.45, 7) is 6.75. The molecule has 1 aliphatic rings. The van der Waals surface area contributed by atoms with Crippen molar-refractivity contribution in [3.63, 3.8) is 0 Å². The molecule has 2 N–H and O–H groups in total. The van der Waals surface area contributed by atoms with Gasteiger partial charge in [0.25, 0.3) is 0 Å². The largest absolute Gasteiger partial charge is 0.493 e. The van der Waals surface area contributed by atoms with Crippen molar-refractivity contribution in [2.75, 3.05) is 38.0 Å². The van der Waals surface area contributed by atoms with E-state index in [4.69, 9.17) is 21.1 Å². The molecule has 0 saturated carbocycles. The zero-order valence-electron chi connectivity index (χ0n) is 21.5. The highest BCUT2D eigenvalue weighted by molar-refractivity contribution is 6.31. The first kappa shape index (κ1) is 25.5. The molecule has 2 amide bonds. The second kappa shape index (κ2) is 10.5. The number of fused-ring (bicyclic) bond motifs is 1. The van der Waals surface area contributed by atoms with Crippen LogP contribution in [0.5, 0.6) is 11.5 Å². The van der Waals surface area contributed by atoms with Crippen LogP contribution in [-0.4, -0.2) is 33.8 Å². The van der Waals surface area contributed by atoms with Crippen LogP contribution in [0.3, 0.4) is 0 Å². The molecule has 0 atom stereocenters. The second-order valence-electron chi connectivity index (χ2n) is 9.21. The molecule has 1 heterocycles. The van der Waals surface area contributed by atoms with Gasteiger partial charge in [0.1, 0.15) is 0 Å². The van der Waals surface area contributed by atoms with Crippen molar-refractivity contribution in [2.24, 2.45) is 0 Å². The lowest BCUT2D eigenvalue weighted by Crippen LogP contribution is -2.37. The molecule has 36 heavy (non-hydrogen) atoms. The zero-order valence-corrected chi connectivity index (χ0v) is 22.3. The number of rotatable bonds is 6. The van der Waals surface area contributed by atoms with Gasteiger partial charge in [-0.15, -0.1) is 0 Å². The Morgan fingerprint density at radius 2 is 1.75 bits per heavy atom. The van der Waals surface area contributed by atoms with Gasteiger partial charge in [-0.2, -0.15) is 0 Å². The smallest absolute Gasteiger partial charge is 0.323 e. The fraction of sp³-hybridized carbons (Fsp3) is 0.276. The van der Waals surface area contributed by atoms with Crippen molar-refractivity contribution < 1.29 is 14.3 Å². The third kappa shape index (κ3) is 5.00. The molecule has 0 fully saturated rings. The minimum atomic E-state index is -0.293. The van der Waals surface area contributed by atoms with Gasteiger partial charge in [0.15, 0.2) is 11.5 Å². The lowest BCUT2D eigenvalue weighted by Gasteiger charge is -2.32. The van der Waals surface area contributed by atoms with E-state index < -0.39 is 0 Å². The number of urea groups is 1. The van der Waals surface area contributed by atoms with Crippen LogP contribution < -0.4 is 25.0 Å². The number of methoxy groups -OCH3 is 2. The summed E-state index contributed by atoms with van der Waals surface area (Å²) in [6, 6.07) is 17.3. The number of nitrogens with zero attached hydrogens (tertiary/aromatic N) is 1. The van der Waals surface area contributed by atoms with Gasteiger partial charge in [-0.25, -0.2) is 4.79 Å². The van der Waals surface area contributed by atoms with E-state index in [0.29, 0.717) is 23.1 Å².